The maximum absolute atomic E-state index is 13.1. The highest BCUT2D eigenvalue weighted by atomic mass is 19.4. The molecule has 0 aliphatic heterocycles. The molecule has 0 unspecified atom stereocenters. The van der Waals surface area contributed by atoms with Gasteiger partial charge in [-0.15, -0.1) is 0 Å². The molecule has 0 aliphatic rings. The smallest absolute Gasteiger partial charge is 0.434 e. The van der Waals surface area contributed by atoms with Gasteiger partial charge in [0.05, 0.1) is 7.11 Å². The Balaban J connectivity index is 2.15. The number of halogens is 3. The highest BCUT2D eigenvalue weighted by Gasteiger charge is 2.35. The maximum atomic E-state index is 13.1. The van der Waals surface area contributed by atoms with Gasteiger partial charge < -0.3 is 9.84 Å². The molecule has 1 N–H and O–H groups in total. The van der Waals surface area contributed by atoms with E-state index in [1.54, 1.807) is 24.3 Å². The van der Waals surface area contributed by atoms with Crippen LogP contribution in [-0.4, -0.2) is 21.8 Å². The highest BCUT2D eigenvalue weighted by molar-refractivity contribution is 5.60. The normalized spacial score (nSPS) is 11.5. The molecule has 0 atom stereocenters. The van der Waals surface area contributed by atoms with E-state index in [0.29, 0.717) is 17.0 Å². The highest BCUT2D eigenvalue weighted by Crippen LogP contribution is 2.33. The zero-order valence-corrected chi connectivity index (χ0v) is 12.6. The molecule has 1 aromatic heterocycles. The van der Waals surface area contributed by atoms with Crippen molar-refractivity contribution in [2.24, 2.45) is 0 Å². The lowest BCUT2D eigenvalue weighted by atomic mass is 10.2. The second-order valence-corrected chi connectivity index (χ2v) is 5.06. The first-order valence-electron chi connectivity index (χ1n) is 6.99. The Kier molecular flexibility index (Phi) is 3.92. The van der Waals surface area contributed by atoms with E-state index in [-0.39, 0.29) is 11.6 Å². The van der Waals surface area contributed by atoms with Crippen LogP contribution in [0.4, 0.5) is 13.2 Å². The van der Waals surface area contributed by atoms with Crippen molar-refractivity contribution >= 4 is 0 Å². The van der Waals surface area contributed by atoms with Crippen LogP contribution in [-0.2, 0) is 6.18 Å². The molecule has 0 bridgehead atoms. The molecule has 2 aromatic carbocycles. The van der Waals surface area contributed by atoms with E-state index >= 15 is 0 Å². The van der Waals surface area contributed by atoms with Crippen LogP contribution in [0.3, 0.4) is 0 Å². The Morgan fingerprint density at radius 2 is 1.62 bits per heavy atom. The van der Waals surface area contributed by atoms with Crippen molar-refractivity contribution < 1.29 is 23.0 Å². The molecule has 4 nitrogen and oxygen atoms in total. The molecular formula is C17H13F3N2O2. The largest absolute Gasteiger partial charge is 0.508 e. The molecule has 0 amide bonds. The van der Waals surface area contributed by atoms with E-state index in [0.717, 1.165) is 6.20 Å². The van der Waals surface area contributed by atoms with Crippen LogP contribution in [0.5, 0.6) is 11.5 Å². The molecular weight excluding hydrogens is 321 g/mol. The average Bonchev–Trinajstić information content (AvgIpc) is 3.01. The Labute approximate surface area is 135 Å². The van der Waals surface area contributed by atoms with Gasteiger partial charge in [-0.25, -0.2) is 4.98 Å². The first kappa shape index (κ1) is 15.9. The summed E-state index contributed by atoms with van der Waals surface area (Å²) in [4.78, 5) is 3.74. The van der Waals surface area contributed by atoms with Gasteiger partial charge in [0.25, 0.3) is 0 Å². The fourth-order valence-corrected chi connectivity index (χ4v) is 2.27. The van der Waals surface area contributed by atoms with Gasteiger partial charge in [0.15, 0.2) is 5.69 Å². The van der Waals surface area contributed by atoms with E-state index in [9.17, 15) is 18.3 Å². The molecule has 0 fully saturated rings. The van der Waals surface area contributed by atoms with Gasteiger partial charge in [0.2, 0.25) is 0 Å². The minimum absolute atomic E-state index is 0.0286. The molecule has 24 heavy (non-hydrogen) atoms. The number of ether oxygens (including phenoxy) is 1. The van der Waals surface area contributed by atoms with Crippen molar-refractivity contribution in [3.8, 4) is 28.6 Å². The molecule has 1 heterocycles. The second-order valence-electron chi connectivity index (χ2n) is 5.06. The van der Waals surface area contributed by atoms with Gasteiger partial charge in [-0.2, -0.15) is 13.2 Å². The summed E-state index contributed by atoms with van der Waals surface area (Å²) in [5, 5.41) is 9.36. The van der Waals surface area contributed by atoms with Gasteiger partial charge in [0.1, 0.15) is 17.3 Å². The minimum Gasteiger partial charge on any atom is -0.508 e. The number of hydrogen-bond donors (Lipinski definition) is 1. The maximum Gasteiger partial charge on any atom is 0.434 e. The minimum atomic E-state index is -4.55. The first-order chi connectivity index (χ1) is 11.4. The Morgan fingerprint density at radius 1 is 1.00 bits per heavy atom. The molecule has 0 radical (unpaired) electrons. The summed E-state index contributed by atoms with van der Waals surface area (Å²) in [7, 11) is 1.51. The molecule has 3 aromatic rings. The molecule has 0 saturated carbocycles. The number of methoxy groups -OCH3 is 1. The van der Waals surface area contributed by atoms with Crippen molar-refractivity contribution in [1.82, 2.24) is 9.55 Å². The van der Waals surface area contributed by atoms with Crippen LogP contribution in [0.25, 0.3) is 17.1 Å². The average molecular weight is 334 g/mol. The predicted octanol–water partition coefficient (Wildman–Crippen LogP) is 4.27. The van der Waals surface area contributed by atoms with Gasteiger partial charge >= 0.3 is 6.18 Å². The summed E-state index contributed by atoms with van der Waals surface area (Å²) < 4.78 is 45.6. The fourth-order valence-electron chi connectivity index (χ4n) is 2.27. The summed E-state index contributed by atoms with van der Waals surface area (Å²) in [6.45, 7) is 0. The van der Waals surface area contributed by atoms with Crippen molar-refractivity contribution in [2.75, 3.05) is 7.11 Å². The van der Waals surface area contributed by atoms with Crippen LogP contribution in [0.15, 0.2) is 54.7 Å². The standard InChI is InChI=1S/C17H13F3N2O2/c1-24-14-8-2-11(3-9-14)16-21-15(17(18,19)20)10-22(16)12-4-6-13(23)7-5-12/h2-10,23H,1H3. The monoisotopic (exact) mass is 334 g/mol. The number of rotatable bonds is 3. The predicted molar refractivity (Wildman–Crippen MR) is 82.2 cm³/mol. The van der Waals surface area contributed by atoms with Crippen molar-refractivity contribution in [2.45, 2.75) is 6.18 Å². The van der Waals surface area contributed by atoms with E-state index in [1.807, 2.05) is 0 Å². The lowest BCUT2D eigenvalue weighted by Crippen LogP contribution is -2.04. The number of phenolic OH excluding ortho intramolecular Hbond substituents is 1. The third-order valence-corrected chi connectivity index (χ3v) is 3.47. The second kappa shape index (κ2) is 5.92. The van der Waals surface area contributed by atoms with E-state index in [2.05, 4.69) is 4.98 Å². The molecule has 0 aliphatic carbocycles. The fraction of sp³-hybridized carbons (Fsp3) is 0.118. The number of aromatic hydroxyl groups is 1. The number of phenols is 1. The molecule has 7 heteroatoms. The number of nitrogens with zero attached hydrogens (tertiary/aromatic N) is 2. The van der Waals surface area contributed by atoms with Gasteiger partial charge in [-0.3, -0.25) is 4.57 Å². The lowest BCUT2D eigenvalue weighted by Gasteiger charge is -2.08. The van der Waals surface area contributed by atoms with Crippen molar-refractivity contribution in [3.63, 3.8) is 0 Å². The Morgan fingerprint density at radius 3 is 2.17 bits per heavy atom. The van der Waals surface area contributed by atoms with Gasteiger partial charge in [-0.1, -0.05) is 0 Å². The molecule has 0 saturated heterocycles. The van der Waals surface area contributed by atoms with E-state index in [4.69, 9.17) is 4.74 Å². The topological polar surface area (TPSA) is 47.3 Å². The first-order valence-corrected chi connectivity index (χ1v) is 6.99. The molecule has 124 valence electrons. The number of benzene rings is 2. The number of hydrogen-bond acceptors (Lipinski definition) is 3. The quantitative estimate of drug-likeness (QED) is 0.778. The van der Waals surface area contributed by atoms with Gasteiger partial charge in [0, 0.05) is 17.4 Å². The van der Waals surface area contributed by atoms with Crippen LogP contribution in [0.2, 0.25) is 0 Å². The Bertz CT molecular complexity index is 838. The lowest BCUT2D eigenvalue weighted by molar-refractivity contribution is -0.140. The number of alkyl halides is 3. The third-order valence-electron chi connectivity index (χ3n) is 3.47. The van der Waals surface area contributed by atoms with E-state index < -0.39 is 11.9 Å². The third kappa shape index (κ3) is 3.05. The van der Waals surface area contributed by atoms with Gasteiger partial charge in [-0.05, 0) is 48.5 Å². The van der Waals surface area contributed by atoms with E-state index in [1.165, 1.54) is 35.9 Å². The summed E-state index contributed by atoms with van der Waals surface area (Å²) in [5.41, 5.74) is -0.0117. The number of imidazole rings is 1. The summed E-state index contributed by atoms with van der Waals surface area (Å²) in [6.07, 6.45) is -3.62. The Hall–Kier alpha value is -2.96. The van der Waals surface area contributed by atoms with Crippen LogP contribution in [0, 0.1) is 0 Å². The van der Waals surface area contributed by atoms with Crippen LogP contribution in [0.1, 0.15) is 5.69 Å². The zero-order chi connectivity index (χ0) is 17.3. The molecule has 0 spiro atoms. The summed E-state index contributed by atoms with van der Waals surface area (Å²) in [5.74, 6) is 0.772. The van der Waals surface area contributed by atoms with Crippen LogP contribution >= 0.6 is 0 Å². The van der Waals surface area contributed by atoms with Crippen molar-refractivity contribution in [1.29, 1.82) is 0 Å². The summed E-state index contributed by atoms with van der Waals surface area (Å²) in [6, 6.07) is 12.4. The zero-order valence-electron chi connectivity index (χ0n) is 12.6. The summed E-state index contributed by atoms with van der Waals surface area (Å²) >= 11 is 0. The van der Waals surface area contributed by atoms with Crippen molar-refractivity contribution in [3.05, 3.63) is 60.4 Å². The number of aromatic nitrogens is 2. The SMILES string of the molecule is COc1ccc(-c2nc(C(F)(F)F)cn2-c2ccc(O)cc2)cc1. The molecule has 3 rings (SSSR count). The van der Waals surface area contributed by atoms with Crippen LogP contribution < -0.4 is 4.74 Å².